The lowest BCUT2D eigenvalue weighted by Gasteiger charge is -2.06. The molecule has 1 aromatic carbocycles. The van der Waals surface area contributed by atoms with Crippen molar-refractivity contribution in [3.8, 4) is 11.5 Å². The predicted molar refractivity (Wildman–Crippen MR) is 122 cm³/mol. The minimum Gasteiger partial charge on any atom is -0.497 e. The summed E-state index contributed by atoms with van der Waals surface area (Å²) in [5, 5.41) is 9.68. The largest absolute Gasteiger partial charge is 0.497 e. The van der Waals surface area contributed by atoms with Gasteiger partial charge in [-0.15, -0.1) is 0 Å². The normalized spacial score (nSPS) is 10.6. The molecule has 0 saturated carbocycles. The van der Waals surface area contributed by atoms with Gasteiger partial charge in [-0.05, 0) is 43.3 Å². The maximum atomic E-state index is 12.8. The summed E-state index contributed by atoms with van der Waals surface area (Å²) in [6.45, 7) is 2.74. The molecular formula is C24H24N4O6. The number of nitrogens with one attached hydrogen (secondary N) is 2. The van der Waals surface area contributed by atoms with E-state index in [1.807, 2.05) is 19.1 Å². The van der Waals surface area contributed by atoms with Gasteiger partial charge in [0.2, 0.25) is 0 Å². The van der Waals surface area contributed by atoms with E-state index >= 15 is 0 Å². The van der Waals surface area contributed by atoms with E-state index < -0.39 is 11.8 Å². The summed E-state index contributed by atoms with van der Waals surface area (Å²) in [7, 11) is 1.58. The van der Waals surface area contributed by atoms with Crippen molar-refractivity contribution in [2.75, 3.05) is 12.4 Å². The number of hydrogen-bond acceptors (Lipinski definition) is 7. The maximum Gasteiger partial charge on any atom is 0.291 e. The molecule has 4 aromatic rings. The van der Waals surface area contributed by atoms with E-state index in [-0.39, 0.29) is 30.3 Å². The Hall–Kier alpha value is -4.47. The molecule has 10 heteroatoms. The Balaban J connectivity index is 1.40. The van der Waals surface area contributed by atoms with Crippen molar-refractivity contribution in [1.82, 2.24) is 15.1 Å². The first kappa shape index (κ1) is 22.7. The van der Waals surface area contributed by atoms with Gasteiger partial charge in [0.05, 0.1) is 25.6 Å². The molecule has 3 heterocycles. The number of aromatic nitrogens is 2. The third-order valence-electron chi connectivity index (χ3n) is 4.86. The Morgan fingerprint density at radius 2 is 1.91 bits per heavy atom. The van der Waals surface area contributed by atoms with Gasteiger partial charge in [0.1, 0.15) is 29.6 Å². The second-order valence-electron chi connectivity index (χ2n) is 7.20. The average molecular weight is 464 g/mol. The molecule has 4 rings (SSSR count). The summed E-state index contributed by atoms with van der Waals surface area (Å²) < 4.78 is 23.3. The highest BCUT2D eigenvalue weighted by atomic mass is 16.5. The van der Waals surface area contributed by atoms with Gasteiger partial charge in [0, 0.05) is 18.8 Å². The summed E-state index contributed by atoms with van der Waals surface area (Å²) in [4.78, 5) is 25.4. The van der Waals surface area contributed by atoms with Crippen molar-refractivity contribution < 1.29 is 27.9 Å². The molecule has 0 unspecified atom stereocenters. The van der Waals surface area contributed by atoms with Crippen LogP contribution in [0.2, 0.25) is 0 Å². The fourth-order valence-electron chi connectivity index (χ4n) is 3.11. The van der Waals surface area contributed by atoms with Crippen LogP contribution in [0.4, 0.5) is 5.69 Å². The van der Waals surface area contributed by atoms with Gasteiger partial charge in [0.25, 0.3) is 11.8 Å². The molecule has 0 spiro atoms. The first-order chi connectivity index (χ1) is 16.6. The number of carbonyl (C=O) groups excluding carboxylic acids is 2. The molecule has 0 atom stereocenters. The van der Waals surface area contributed by atoms with Gasteiger partial charge < -0.3 is 28.9 Å². The minimum atomic E-state index is -0.511. The maximum absolute atomic E-state index is 12.8. The van der Waals surface area contributed by atoms with Crippen LogP contribution in [0.1, 0.15) is 39.5 Å². The average Bonchev–Trinajstić information content (AvgIpc) is 3.62. The van der Waals surface area contributed by atoms with Crippen LogP contribution in [0.5, 0.6) is 11.5 Å². The van der Waals surface area contributed by atoms with Gasteiger partial charge in [-0.2, -0.15) is 5.10 Å². The standard InChI is InChI=1S/C24H24N4O6/c1-3-28-14-20(22(27-28)24(30)25-13-18-8-5-11-32-18)26-23(29)21-10-9-19(34-21)15-33-17-7-4-6-16(12-17)31-2/h4-12,14H,3,13,15H2,1-2H3,(H,25,30)(H,26,29). The molecule has 0 aliphatic carbocycles. The van der Waals surface area contributed by atoms with Crippen LogP contribution >= 0.6 is 0 Å². The zero-order valence-corrected chi connectivity index (χ0v) is 18.7. The van der Waals surface area contributed by atoms with Gasteiger partial charge in [-0.3, -0.25) is 14.3 Å². The lowest BCUT2D eigenvalue weighted by atomic mass is 10.3. The Morgan fingerprint density at radius 1 is 1.06 bits per heavy atom. The van der Waals surface area contributed by atoms with E-state index in [2.05, 4.69) is 15.7 Å². The molecule has 10 nitrogen and oxygen atoms in total. The highest BCUT2D eigenvalue weighted by Gasteiger charge is 2.21. The third-order valence-corrected chi connectivity index (χ3v) is 4.86. The van der Waals surface area contributed by atoms with Crippen molar-refractivity contribution in [1.29, 1.82) is 0 Å². The van der Waals surface area contributed by atoms with E-state index in [1.54, 1.807) is 54.4 Å². The molecule has 0 bridgehead atoms. The molecule has 3 aromatic heterocycles. The molecule has 2 N–H and O–H groups in total. The number of anilines is 1. The molecule has 34 heavy (non-hydrogen) atoms. The molecule has 0 radical (unpaired) electrons. The fourth-order valence-corrected chi connectivity index (χ4v) is 3.11. The highest BCUT2D eigenvalue weighted by molar-refractivity contribution is 6.07. The van der Waals surface area contributed by atoms with Crippen molar-refractivity contribution in [3.05, 3.63) is 84.0 Å². The second kappa shape index (κ2) is 10.4. The van der Waals surface area contributed by atoms with Crippen molar-refractivity contribution in [2.45, 2.75) is 26.6 Å². The molecule has 2 amide bonds. The second-order valence-corrected chi connectivity index (χ2v) is 7.20. The molecule has 0 saturated heterocycles. The van der Waals surface area contributed by atoms with Crippen LogP contribution < -0.4 is 20.1 Å². The quantitative estimate of drug-likeness (QED) is 0.366. The van der Waals surface area contributed by atoms with Gasteiger partial charge in [-0.25, -0.2) is 0 Å². The summed E-state index contributed by atoms with van der Waals surface area (Å²) >= 11 is 0. The number of nitrogens with zero attached hydrogens (tertiary/aromatic N) is 2. The highest BCUT2D eigenvalue weighted by Crippen LogP contribution is 2.21. The summed E-state index contributed by atoms with van der Waals surface area (Å²) in [5.41, 5.74) is 0.365. The van der Waals surface area contributed by atoms with Crippen LogP contribution in [-0.4, -0.2) is 28.7 Å². The molecular weight excluding hydrogens is 440 g/mol. The topological polar surface area (TPSA) is 121 Å². The number of methoxy groups -OCH3 is 1. The number of hydrogen-bond donors (Lipinski definition) is 2. The lowest BCUT2D eigenvalue weighted by Crippen LogP contribution is -2.25. The van der Waals surface area contributed by atoms with E-state index in [4.69, 9.17) is 18.3 Å². The van der Waals surface area contributed by atoms with Crippen molar-refractivity contribution >= 4 is 17.5 Å². The first-order valence-corrected chi connectivity index (χ1v) is 10.6. The minimum absolute atomic E-state index is 0.0791. The number of benzene rings is 1. The predicted octanol–water partition coefficient (Wildman–Crippen LogP) is 3.86. The van der Waals surface area contributed by atoms with Crippen LogP contribution in [0.15, 0.2) is 69.8 Å². The SMILES string of the molecule is CCn1cc(NC(=O)c2ccc(COc3cccc(OC)c3)o2)c(C(=O)NCc2ccco2)n1. The number of furan rings is 2. The fraction of sp³-hybridized carbons (Fsp3) is 0.208. The molecule has 0 aliphatic heterocycles. The lowest BCUT2D eigenvalue weighted by molar-refractivity contribution is 0.0943. The number of ether oxygens (including phenoxy) is 2. The smallest absolute Gasteiger partial charge is 0.291 e. The summed E-state index contributed by atoms with van der Waals surface area (Å²) in [6.07, 6.45) is 3.12. The van der Waals surface area contributed by atoms with Crippen LogP contribution in [0, 0.1) is 0 Å². The van der Waals surface area contributed by atoms with E-state index in [1.165, 1.54) is 6.26 Å². The van der Waals surface area contributed by atoms with Crippen LogP contribution in [0.25, 0.3) is 0 Å². The number of aryl methyl sites for hydroxylation is 1. The number of amides is 2. The van der Waals surface area contributed by atoms with Crippen molar-refractivity contribution in [3.63, 3.8) is 0 Å². The van der Waals surface area contributed by atoms with Gasteiger partial charge in [0.15, 0.2) is 11.5 Å². The van der Waals surface area contributed by atoms with Crippen molar-refractivity contribution in [2.24, 2.45) is 0 Å². The Labute approximate surface area is 195 Å². The Morgan fingerprint density at radius 3 is 2.68 bits per heavy atom. The van der Waals surface area contributed by atoms with Crippen LogP contribution in [0.3, 0.4) is 0 Å². The zero-order valence-electron chi connectivity index (χ0n) is 18.7. The summed E-state index contributed by atoms with van der Waals surface area (Å²) in [6, 6.07) is 13.9. The third kappa shape index (κ3) is 5.47. The number of rotatable bonds is 10. The monoisotopic (exact) mass is 464 g/mol. The van der Waals surface area contributed by atoms with E-state index in [0.717, 1.165) is 0 Å². The number of carbonyl (C=O) groups is 2. The van der Waals surface area contributed by atoms with E-state index in [0.29, 0.717) is 29.6 Å². The Kier molecular flexibility index (Phi) is 6.97. The molecule has 0 aliphatic rings. The first-order valence-electron chi connectivity index (χ1n) is 10.6. The van der Waals surface area contributed by atoms with Gasteiger partial charge in [-0.1, -0.05) is 6.07 Å². The van der Waals surface area contributed by atoms with Crippen LogP contribution in [-0.2, 0) is 19.7 Å². The van der Waals surface area contributed by atoms with E-state index in [9.17, 15) is 9.59 Å². The van der Waals surface area contributed by atoms with Gasteiger partial charge >= 0.3 is 0 Å². The zero-order chi connectivity index (χ0) is 23.9. The molecule has 0 fully saturated rings. The Bertz CT molecular complexity index is 1260. The molecule has 176 valence electrons. The summed E-state index contributed by atoms with van der Waals surface area (Å²) in [5.74, 6) is 1.49.